The molecule has 0 radical (unpaired) electrons. The van der Waals surface area contributed by atoms with Gasteiger partial charge in [0.2, 0.25) is 0 Å². The quantitative estimate of drug-likeness (QED) is 0.572. The highest BCUT2D eigenvalue weighted by Crippen LogP contribution is 1.97. The van der Waals surface area contributed by atoms with Crippen molar-refractivity contribution in [3.63, 3.8) is 0 Å². The molecule has 0 aliphatic heterocycles. The third-order valence-corrected chi connectivity index (χ3v) is 0.816. The lowest BCUT2D eigenvalue weighted by Gasteiger charge is -1.90. The van der Waals surface area contributed by atoms with Crippen molar-refractivity contribution in [3.05, 3.63) is 0 Å². The van der Waals surface area contributed by atoms with E-state index < -0.39 is 11.4 Å². The van der Waals surface area contributed by atoms with E-state index in [1.807, 2.05) is 0 Å². The summed E-state index contributed by atoms with van der Waals surface area (Å²) in [6.07, 6.45) is 1.31. The zero-order chi connectivity index (χ0) is 7.86. The molecule has 0 spiro atoms. The lowest BCUT2D eigenvalue weighted by atomic mass is 10.2. The molecule has 0 unspecified atom stereocenters. The van der Waals surface area contributed by atoms with Crippen LogP contribution >= 0.6 is 30.1 Å². The fraction of sp³-hybridized carbons (Fsp3) is 1.00. The predicted molar refractivity (Wildman–Crippen MR) is 48.4 cm³/mol. The molecule has 0 fully saturated rings. The highest BCUT2D eigenvalue weighted by molar-refractivity contribution is 7.54. The van der Waals surface area contributed by atoms with Crippen LogP contribution in [0.15, 0.2) is 0 Å². The Bertz CT molecular complexity index is 44.7. The Balaban J connectivity index is 0. The smallest absolute Gasteiger partial charge is 0.214 e. The van der Waals surface area contributed by atoms with Crippen LogP contribution in [-0.4, -0.2) is 11.4 Å². The first-order valence-electron chi connectivity index (χ1n) is 2.92. The van der Waals surface area contributed by atoms with Crippen molar-refractivity contribution in [1.82, 2.24) is 0 Å². The van der Waals surface area contributed by atoms with Gasteiger partial charge in [0, 0.05) is 0 Å². The van der Waals surface area contributed by atoms with E-state index >= 15 is 0 Å². The van der Waals surface area contributed by atoms with Gasteiger partial charge >= 0.3 is 11.4 Å². The zero-order valence-electron chi connectivity index (χ0n) is 6.00. The molecule has 0 N–H and O–H groups in total. The van der Waals surface area contributed by atoms with Gasteiger partial charge in [0.1, 0.15) is 0 Å². The Morgan fingerprint density at radius 2 is 1.33 bits per heavy atom. The van der Waals surface area contributed by atoms with Gasteiger partial charge in [-0.1, -0.05) is 27.2 Å². The van der Waals surface area contributed by atoms with E-state index in [9.17, 15) is 0 Å². The molecule has 0 saturated heterocycles. The lowest BCUT2D eigenvalue weighted by molar-refractivity contribution is 0.626. The summed E-state index contributed by atoms with van der Waals surface area (Å²) in [7, 11) is 14.8. The summed E-state index contributed by atoms with van der Waals surface area (Å²) in [4.78, 5) is 0. The van der Waals surface area contributed by atoms with Crippen molar-refractivity contribution in [1.29, 1.82) is 0 Å². The van der Waals surface area contributed by atoms with Crippen LogP contribution in [0.2, 0.25) is 0 Å². The number of rotatable bonds is 1. The van der Waals surface area contributed by atoms with Crippen molar-refractivity contribution >= 4 is 41.5 Å². The molecule has 0 aromatic rings. The van der Waals surface area contributed by atoms with Crippen LogP contribution in [-0.2, 0) is 0 Å². The first-order valence-corrected chi connectivity index (χ1v) is 8.16. The molecular weight excluding hydrogens is 193 g/mol. The maximum atomic E-state index is 4.94. The molecule has 4 heteroatoms. The van der Waals surface area contributed by atoms with Crippen LogP contribution < -0.4 is 0 Å². The normalized spacial score (nSPS) is 8.33. The van der Waals surface area contributed by atoms with Gasteiger partial charge in [-0.3, -0.25) is 0 Å². The van der Waals surface area contributed by atoms with Crippen LogP contribution in [0.25, 0.3) is 0 Å². The largest absolute Gasteiger partial charge is 0.643 e. The van der Waals surface area contributed by atoms with Crippen molar-refractivity contribution in [2.24, 2.45) is 5.92 Å². The van der Waals surface area contributed by atoms with E-state index in [4.69, 9.17) is 30.1 Å². The summed E-state index contributed by atoms with van der Waals surface area (Å²) in [5.41, 5.74) is 0. The fourth-order valence-corrected chi connectivity index (χ4v) is 0. The standard InChI is InChI=1S/C5H12.Al.3ClH/c1-4-5(2)3;;;;/h5H,4H2,1-3H3;;3*1H/q;+3;;;/p-3. The molecule has 0 aliphatic rings. The summed E-state index contributed by atoms with van der Waals surface area (Å²) >= 11 is -1.72. The van der Waals surface area contributed by atoms with E-state index in [1.54, 1.807) is 0 Å². The average Bonchev–Trinajstić information content (AvgIpc) is 1.65. The molecule has 9 heavy (non-hydrogen) atoms. The maximum Gasteiger partial charge on any atom is 0.643 e. The Labute approximate surface area is 74.5 Å². The summed E-state index contributed by atoms with van der Waals surface area (Å²) in [5, 5.41) is 0. The second kappa shape index (κ2) is 9.40. The minimum Gasteiger partial charge on any atom is -0.214 e. The van der Waals surface area contributed by atoms with Gasteiger partial charge in [-0.15, -0.1) is 0 Å². The van der Waals surface area contributed by atoms with Crippen molar-refractivity contribution in [2.75, 3.05) is 0 Å². The summed E-state index contributed by atoms with van der Waals surface area (Å²) in [6, 6.07) is 0. The molecule has 0 nitrogen and oxygen atoms in total. The molecule has 0 aliphatic carbocycles. The molecule has 0 amide bonds. The van der Waals surface area contributed by atoms with Gasteiger partial charge in [0.05, 0.1) is 0 Å². The van der Waals surface area contributed by atoms with Crippen LogP contribution in [0.1, 0.15) is 27.2 Å². The van der Waals surface area contributed by atoms with Gasteiger partial charge < -0.3 is 0 Å². The van der Waals surface area contributed by atoms with Crippen LogP contribution in [0.5, 0.6) is 0 Å². The van der Waals surface area contributed by atoms with E-state index in [0.29, 0.717) is 0 Å². The molecule has 0 aromatic carbocycles. The number of hydrogen-bond donors (Lipinski definition) is 0. The Morgan fingerprint density at radius 1 is 1.22 bits per heavy atom. The number of hydrogen-bond acceptors (Lipinski definition) is 0. The predicted octanol–water partition coefficient (Wildman–Crippen LogP) is 3.74. The van der Waals surface area contributed by atoms with E-state index in [-0.39, 0.29) is 0 Å². The second-order valence-corrected chi connectivity index (χ2v) is 8.48. The molecule has 0 saturated carbocycles. The molecule has 0 atom stereocenters. The first-order chi connectivity index (χ1) is 4.00. The van der Waals surface area contributed by atoms with Crippen LogP contribution in [0, 0.1) is 5.92 Å². The fourth-order valence-electron chi connectivity index (χ4n) is 0. The first kappa shape index (κ1) is 13.0. The summed E-state index contributed by atoms with van der Waals surface area (Å²) < 4.78 is 0. The Morgan fingerprint density at radius 3 is 1.33 bits per heavy atom. The zero-order valence-corrected chi connectivity index (χ0v) is 9.42. The SMILES string of the molecule is CCC(C)C.[Cl][Al]([Cl])[Cl]. The molecule has 56 valence electrons. The van der Waals surface area contributed by atoms with Crippen molar-refractivity contribution in [3.8, 4) is 0 Å². The molecular formula is C5H12AlCl3. The Hall–Kier alpha value is 1.40. The number of halogens is 3. The highest BCUT2D eigenvalue weighted by atomic mass is 35.8. The topological polar surface area (TPSA) is 0 Å². The third-order valence-electron chi connectivity index (χ3n) is 0.816. The maximum absolute atomic E-state index is 4.94. The van der Waals surface area contributed by atoms with Gasteiger partial charge in [-0.05, 0) is 5.92 Å². The van der Waals surface area contributed by atoms with Crippen LogP contribution in [0.3, 0.4) is 0 Å². The van der Waals surface area contributed by atoms with Crippen molar-refractivity contribution in [2.45, 2.75) is 27.2 Å². The molecule has 0 aromatic heterocycles. The minimum atomic E-state index is -1.72. The Kier molecular flexibility index (Phi) is 13.6. The van der Waals surface area contributed by atoms with Gasteiger partial charge in [0.25, 0.3) is 0 Å². The minimum absolute atomic E-state index is 0.884. The molecule has 0 heterocycles. The van der Waals surface area contributed by atoms with E-state index in [2.05, 4.69) is 20.8 Å². The second-order valence-electron chi connectivity index (χ2n) is 2.05. The average molecular weight is 205 g/mol. The summed E-state index contributed by atoms with van der Waals surface area (Å²) in [6.45, 7) is 6.64. The lowest BCUT2D eigenvalue weighted by Crippen LogP contribution is -1.77. The van der Waals surface area contributed by atoms with Gasteiger partial charge in [-0.2, -0.15) is 0 Å². The molecule has 0 rings (SSSR count). The summed E-state index contributed by atoms with van der Waals surface area (Å²) in [5.74, 6) is 0.884. The van der Waals surface area contributed by atoms with E-state index in [1.165, 1.54) is 6.42 Å². The van der Waals surface area contributed by atoms with Crippen molar-refractivity contribution < 1.29 is 0 Å². The van der Waals surface area contributed by atoms with Crippen LogP contribution in [0.4, 0.5) is 0 Å². The third kappa shape index (κ3) is 44.5. The monoisotopic (exact) mass is 204 g/mol. The van der Waals surface area contributed by atoms with E-state index in [0.717, 1.165) is 5.92 Å². The highest BCUT2D eigenvalue weighted by Gasteiger charge is 2.00. The van der Waals surface area contributed by atoms with Gasteiger partial charge in [-0.25, -0.2) is 30.1 Å². The van der Waals surface area contributed by atoms with Gasteiger partial charge in [0.15, 0.2) is 0 Å². The molecule has 0 bridgehead atoms.